The zero-order valence-electron chi connectivity index (χ0n) is 5.54. The summed E-state index contributed by atoms with van der Waals surface area (Å²) >= 11 is 0. The Balaban J connectivity index is -0.0000000800. The molecule has 0 amide bonds. The van der Waals surface area contributed by atoms with E-state index in [0.29, 0.717) is 0 Å². The van der Waals surface area contributed by atoms with Crippen LogP contribution in [0.5, 0.6) is 0 Å². The molecule has 0 aromatic carbocycles. The number of hydrogen-bond acceptors (Lipinski definition) is 1. The molecule has 0 saturated heterocycles. The van der Waals surface area contributed by atoms with Gasteiger partial charge in [0, 0.05) is 0 Å². The van der Waals surface area contributed by atoms with E-state index in [9.17, 15) is 0 Å². The predicted octanol–water partition coefficient (Wildman–Crippen LogP) is -0.823. The molecule has 40 valence electrons. The minimum Gasteiger partial charge on any atom is -0.344 e. The molecule has 0 aliphatic carbocycles. The van der Waals surface area contributed by atoms with Crippen LogP contribution in [-0.2, 0) is 0 Å². The molecule has 3 N–H and O–H groups in total. The van der Waals surface area contributed by atoms with Crippen molar-refractivity contribution >= 4 is 0 Å². The molecule has 1 nitrogen and oxygen atoms in total. The van der Waals surface area contributed by atoms with Crippen molar-refractivity contribution in [2.24, 2.45) is 0 Å². The second-order valence-corrected chi connectivity index (χ2v) is 1.21. The first-order valence-electron chi connectivity index (χ1n) is 2.21. The van der Waals surface area contributed by atoms with Gasteiger partial charge in [-0.1, -0.05) is 19.8 Å². The van der Waals surface area contributed by atoms with Crippen LogP contribution in [0.2, 0.25) is 0 Å². The molecule has 7 heavy (non-hydrogen) atoms. The van der Waals surface area contributed by atoms with Crippen molar-refractivity contribution in [3.63, 3.8) is 0 Å². The molecule has 0 spiro atoms. The van der Waals surface area contributed by atoms with Gasteiger partial charge in [-0.25, -0.2) is 0 Å². The van der Waals surface area contributed by atoms with Crippen molar-refractivity contribution in [3.8, 4) is 0 Å². The van der Waals surface area contributed by atoms with E-state index >= 15 is 0 Å². The quantitative estimate of drug-likeness (QED) is 0.366. The average Bonchev–Trinajstić information content (AvgIpc) is 1.41. The van der Waals surface area contributed by atoms with Crippen LogP contribution in [-0.4, -0.2) is 0 Å². The predicted molar refractivity (Wildman–Crippen MR) is 29.9 cm³/mol. The SMILES string of the molecule is N.[CH2-]CCCC.[Na+]. The average molecular weight is 111 g/mol. The maximum atomic E-state index is 3.68. The Hall–Kier alpha value is 0.960. The Bertz CT molecular complexity index is 15.6. The third kappa shape index (κ3) is 19.5. The minimum absolute atomic E-state index is 0. The first-order valence-corrected chi connectivity index (χ1v) is 2.21. The van der Waals surface area contributed by atoms with E-state index in [4.69, 9.17) is 0 Å². The molecule has 0 aromatic heterocycles. The van der Waals surface area contributed by atoms with E-state index < -0.39 is 0 Å². The topological polar surface area (TPSA) is 35.0 Å². The summed E-state index contributed by atoms with van der Waals surface area (Å²) in [5.41, 5.74) is 0. The van der Waals surface area contributed by atoms with Crippen LogP contribution in [0.1, 0.15) is 26.2 Å². The zero-order chi connectivity index (χ0) is 4.12. The van der Waals surface area contributed by atoms with Crippen molar-refractivity contribution in [2.45, 2.75) is 26.2 Å². The molecule has 0 aliphatic rings. The summed E-state index contributed by atoms with van der Waals surface area (Å²) in [5, 5.41) is 0. The summed E-state index contributed by atoms with van der Waals surface area (Å²) < 4.78 is 0. The van der Waals surface area contributed by atoms with Gasteiger partial charge in [0.05, 0.1) is 0 Å². The summed E-state index contributed by atoms with van der Waals surface area (Å²) in [7, 11) is 0. The summed E-state index contributed by atoms with van der Waals surface area (Å²) in [5.74, 6) is 0. The molecule has 0 saturated carbocycles. The number of hydrogen-bond donors (Lipinski definition) is 1. The zero-order valence-corrected chi connectivity index (χ0v) is 7.54. The van der Waals surface area contributed by atoms with Gasteiger partial charge in [0.1, 0.15) is 0 Å². The minimum atomic E-state index is 0. The van der Waals surface area contributed by atoms with Gasteiger partial charge in [-0.2, -0.15) is 6.42 Å². The van der Waals surface area contributed by atoms with E-state index in [1.54, 1.807) is 0 Å². The number of rotatable bonds is 2. The van der Waals surface area contributed by atoms with Gasteiger partial charge < -0.3 is 13.1 Å². The van der Waals surface area contributed by atoms with Crippen LogP contribution < -0.4 is 35.7 Å². The maximum Gasteiger partial charge on any atom is 1.00 e. The van der Waals surface area contributed by atoms with E-state index in [1.165, 1.54) is 12.8 Å². The van der Waals surface area contributed by atoms with Crippen LogP contribution in [0.4, 0.5) is 0 Å². The molecule has 0 radical (unpaired) electrons. The van der Waals surface area contributed by atoms with Crippen LogP contribution >= 0.6 is 0 Å². The van der Waals surface area contributed by atoms with Gasteiger partial charge in [0.2, 0.25) is 0 Å². The Morgan fingerprint density at radius 3 is 1.86 bits per heavy atom. The van der Waals surface area contributed by atoms with Gasteiger partial charge in [-0.05, 0) is 0 Å². The third-order valence-electron chi connectivity index (χ3n) is 0.604. The van der Waals surface area contributed by atoms with Crippen LogP contribution in [0.25, 0.3) is 0 Å². The van der Waals surface area contributed by atoms with E-state index in [1.807, 2.05) is 0 Å². The molecule has 0 atom stereocenters. The fraction of sp³-hybridized carbons (Fsp3) is 0.800. The molecule has 2 heteroatoms. The second kappa shape index (κ2) is 15.8. The van der Waals surface area contributed by atoms with E-state index in [-0.39, 0.29) is 35.7 Å². The molecular formula is C5H14NNa. The molecule has 0 unspecified atom stereocenters. The fourth-order valence-electron chi connectivity index (χ4n) is 0.250. The summed E-state index contributed by atoms with van der Waals surface area (Å²) in [6.45, 7) is 5.85. The maximum absolute atomic E-state index is 3.68. The second-order valence-electron chi connectivity index (χ2n) is 1.21. The van der Waals surface area contributed by atoms with Crippen molar-refractivity contribution in [1.29, 1.82) is 0 Å². The summed E-state index contributed by atoms with van der Waals surface area (Å²) in [6, 6.07) is 0. The third-order valence-corrected chi connectivity index (χ3v) is 0.604. The fourth-order valence-corrected chi connectivity index (χ4v) is 0.250. The summed E-state index contributed by atoms with van der Waals surface area (Å²) in [4.78, 5) is 0. The van der Waals surface area contributed by atoms with Crippen LogP contribution in [0.3, 0.4) is 0 Å². The largest absolute Gasteiger partial charge is 1.00 e. The van der Waals surface area contributed by atoms with Crippen molar-refractivity contribution in [1.82, 2.24) is 6.15 Å². The number of unbranched alkanes of at least 4 members (excludes halogenated alkanes) is 2. The monoisotopic (exact) mass is 111 g/mol. The van der Waals surface area contributed by atoms with Gasteiger partial charge in [-0.3, -0.25) is 0 Å². The molecular weight excluding hydrogens is 97.1 g/mol. The molecule has 0 rings (SSSR count). The van der Waals surface area contributed by atoms with Crippen LogP contribution in [0, 0.1) is 6.92 Å². The Morgan fingerprint density at radius 1 is 1.43 bits per heavy atom. The van der Waals surface area contributed by atoms with Gasteiger partial charge in [0.25, 0.3) is 0 Å². The standard InChI is InChI=1S/C5H11.H3N.Na/c1-3-5-4-2;;/h1,3-5H2,2H3;1H3;/q-1;;+1. The first kappa shape index (κ1) is 15.7. The van der Waals surface area contributed by atoms with E-state index in [0.717, 1.165) is 6.42 Å². The Morgan fingerprint density at radius 2 is 1.86 bits per heavy atom. The molecule has 0 bridgehead atoms. The van der Waals surface area contributed by atoms with Gasteiger partial charge >= 0.3 is 29.6 Å². The van der Waals surface area contributed by atoms with Crippen molar-refractivity contribution in [2.75, 3.05) is 0 Å². The molecule has 0 aliphatic heterocycles. The van der Waals surface area contributed by atoms with Gasteiger partial charge in [-0.15, -0.1) is 0 Å². The normalized spacial score (nSPS) is 6.00. The van der Waals surface area contributed by atoms with Gasteiger partial charge in [0.15, 0.2) is 0 Å². The Kier molecular flexibility index (Phi) is 35.3. The summed E-state index contributed by atoms with van der Waals surface area (Å²) in [6.07, 6.45) is 3.65. The van der Waals surface area contributed by atoms with Crippen LogP contribution in [0.15, 0.2) is 0 Å². The first-order chi connectivity index (χ1) is 2.41. The smallest absolute Gasteiger partial charge is 0.344 e. The molecule has 0 heterocycles. The molecule has 0 fully saturated rings. The Labute approximate surface area is 68.7 Å². The van der Waals surface area contributed by atoms with Crippen molar-refractivity contribution in [3.05, 3.63) is 6.92 Å². The van der Waals surface area contributed by atoms with E-state index in [2.05, 4.69) is 13.8 Å². The van der Waals surface area contributed by atoms with Crippen molar-refractivity contribution < 1.29 is 29.6 Å². The molecule has 0 aromatic rings.